The number of methoxy groups -OCH3 is 1. The first kappa shape index (κ1) is 23.1. The van der Waals surface area contributed by atoms with Crippen LogP contribution in [0.25, 0.3) is 0 Å². The summed E-state index contributed by atoms with van der Waals surface area (Å²) >= 11 is 3.41. The van der Waals surface area contributed by atoms with Crippen molar-refractivity contribution >= 4 is 57.5 Å². The van der Waals surface area contributed by atoms with E-state index in [0.717, 1.165) is 22.3 Å². The number of guanidine groups is 1. The molecule has 1 aromatic carbocycles. The lowest BCUT2D eigenvalue weighted by molar-refractivity contribution is -0.116. The number of aliphatic imine (C=N–C) groups is 1. The van der Waals surface area contributed by atoms with Gasteiger partial charge in [0.25, 0.3) is 0 Å². The monoisotopic (exact) mass is 512 g/mol. The maximum absolute atomic E-state index is 12.0. The second-order valence-corrected chi connectivity index (χ2v) is 5.85. The smallest absolute Gasteiger partial charge is 0.226 e. The van der Waals surface area contributed by atoms with Gasteiger partial charge in [-0.15, -0.1) is 24.0 Å². The van der Waals surface area contributed by atoms with Gasteiger partial charge in [-0.2, -0.15) is 0 Å². The zero-order valence-electron chi connectivity index (χ0n) is 14.3. The van der Waals surface area contributed by atoms with Crippen molar-refractivity contribution in [3.8, 4) is 0 Å². The number of nitrogens with zero attached hydrogens (tertiary/aromatic N) is 1. The summed E-state index contributed by atoms with van der Waals surface area (Å²) in [4.78, 5) is 16.4. The lowest BCUT2D eigenvalue weighted by atomic mass is 10.2. The van der Waals surface area contributed by atoms with Crippen LogP contribution in [0.5, 0.6) is 0 Å². The number of anilines is 1. The molecule has 6 nitrogen and oxygen atoms in total. The molecule has 3 N–H and O–H groups in total. The number of carbonyl (C=O) groups is 1. The highest BCUT2D eigenvalue weighted by atomic mass is 127. The Hall–Kier alpha value is -0.870. The molecule has 8 heteroatoms. The largest absolute Gasteiger partial charge is 0.383 e. The van der Waals surface area contributed by atoms with Crippen molar-refractivity contribution < 1.29 is 9.53 Å². The Balaban J connectivity index is 0.00000529. The Morgan fingerprint density at radius 1 is 1.33 bits per heavy atom. The number of ether oxygens (including phenoxy) is 1. The van der Waals surface area contributed by atoms with E-state index >= 15 is 0 Å². The number of hydrogen-bond donors (Lipinski definition) is 3. The highest BCUT2D eigenvalue weighted by molar-refractivity contribution is 14.0. The summed E-state index contributed by atoms with van der Waals surface area (Å²) in [6.45, 7) is 6.39. The van der Waals surface area contributed by atoms with Gasteiger partial charge in [0.2, 0.25) is 5.91 Å². The van der Waals surface area contributed by atoms with Gasteiger partial charge >= 0.3 is 0 Å². The van der Waals surface area contributed by atoms with Crippen LogP contribution in [-0.2, 0) is 9.53 Å². The third-order valence-electron chi connectivity index (χ3n) is 3.03. The third-order valence-corrected chi connectivity index (χ3v) is 3.52. The second-order valence-electron chi connectivity index (χ2n) is 4.94. The molecule has 0 saturated heterocycles. The SMILES string of the molecule is CCNC(=NCCOC)NCCC(=O)Nc1cc(Br)ccc1C.I. The fourth-order valence-electron chi connectivity index (χ4n) is 1.83. The van der Waals surface area contributed by atoms with Crippen LogP contribution in [0.1, 0.15) is 18.9 Å². The van der Waals surface area contributed by atoms with Crippen molar-refractivity contribution in [1.82, 2.24) is 10.6 Å². The minimum absolute atomic E-state index is 0. The van der Waals surface area contributed by atoms with Gasteiger partial charge in [0.05, 0.1) is 13.2 Å². The maximum atomic E-state index is 12.0. The maximum Gasteiger partial charge on any atom is 0.226 e. The van der Waals surface area contributed by atoms with Crippen molar-refractivity contribution in [2.75, 3.05) is 38.7 Å². The Kier molecular flexibility index (Phi) is 12.9. The number of aryl methyl sites for hydroxylation is 1. The first-order valence-corrected chi connectivity index (χ1v) is 8.43. The van der Waals surface area contributed by atoms with Crippen LogP contribution < -0.4 is 16.0 Å². The van der Waals surface area contributed by atoms with Crippen LogP contribution in [0.15, 0.2) is 27.7 Å². The average Bonchev–Trinajstić information content (AvgIpc) is 2.51. The predicted octanol–water partition coefficient (Wildman–Crippen LogP) is 2.91. The van der Waals surface area contributed by atoms with Crippen LogP contribution in [0.3, 0.4) is 0 Å². The van der Waals surface area contributed by atoms with E-state index in [0.29, 0.717) is 32.1 Å². The minimum Gasteiger partial charge on any atom is -0.383 e. The number of halogens is 2. The molecule has 0 heterocycles. The number of rotatable bonds is 8. The summed E-state index contributed by atoms with van der Waals surface area (Å²) in [5, 5.41) is 9.18. The van der Waals surface area contributed by atoms with Crippen molar-refractivity contribution in [2.24, 2.45) is 4.99 Å². The third kappa shape index (κ3) is 9.43. The predicted molar refractivity (Wildman–Crippen MR) is 113 cm³/mol. The van der Waals surface area contributed by atoms with Crippen molar-refractivity contribution in [2.45, 2.75) is 20.3 Å². The van der Waals surface area contributed by atoms with E-state index < -0.39 is 0 Å². The summed E-state index contributed by atoms with van der Waals surface area (Å²) in [5.74, 6) is 0.655. The fourth-order valence-corrected chi connectivity index (χ4v) is 2.19. The first-order chi connectivity index (χ1) is 11.1. The fraction of sp³-hybridized carbons (Fsp3) is 0.500. The van der Waals surface area contributed by atoms with Gasteiger partial charge in [0.15, 0.2) is 5.96 Å². The molecule has 0 aliphatic heterocycles. The van der Waals surface area contributed by atoms with E-state index in [2.05, 4.69) is 36.9 Å². The van der Waals surface area contributed by atoms with Crippen molar-refractivity contribution in [3.63, 3.8) is 0 Å². The Morgan fingerprint density at radius 3 is 2.75 bits per heavy atom. The van der Waals surface area contributed by atoms with Crippen LogP contribution in [0, 0.1) is 6.92 Å². The van der Waals surface area contributed by atoms with Gasteiger partial charge in [-0.05, 0) is 31.5 Å². The molecule has 0 aliphatic carbocycles. The standard InChI is InChI=1S/C16H25BrN4O2.HI/c1-4-18-16(20-9-10-23-3)19-8-7-15(22)21-14-11-13(17)6-5-12(14)2;/h5-6,11H,4,7-10H2,1-3H3,(H,21,22)(H2,18,19,20);1H. The van der Waals surface area contributed by atoms with Gasteiger partial charge in [-0.1, -0.05) is 22.0 Å². The Morgan fingerprint density at radius 2 is 2.08 bits per heavy atom. The summed E-state index contributed by atoms with van der Waals surface area (Å²) in [7, 11) is 1.64. The van der Waals surface area contributed by atoms with E-state index in [1.165, 1.54) is 0 Å². The molecule has 0 atom stereocenters. The number of hydrogen-bond acceptors (Lipinski definition) is 3. The highest BCUT2D eigenvalue weighted by Gasteiger charge is 2.06. The molecule has 0 unspecified atom stereocenters. The zero-order valence-corrected chi connectivity index (χ0v) is 18.2. The molecule has 0 fully saturated rings. The summed E-state index contributed by atoms with van der Waals surface area (Å²) < 4.78 is 5.91. The molecule has 24 heavy (non-hydrogen) atoms. The average molecular weight is 513 g/mol. The minimum atomic E-state index is -0.0357. The molecular formula is C16H26BrIN4O2. The molecule has 1 aromatic rings. The van der Waals surface area contributed by atoms with E-state index in [4.69, 9.17) is 4.74 Å². The van der Waals surface area contributed by atoms with Crippen LogP contribution in [0.4, 0.5) is 5.69 Å². The molecule has 136 valence electrons. The topological polar surface area (TPSA) is 74.8 Å². The normalized spacial score (nSPS) is 10.8. The molecule has 0 spiro atoms. The molecular weight excluding hydrogens is 487 g/mol. The summed E-state index contributed by atoms with van der Waals surface area (Å²) in [6, 6.07) is 5.81. The van der Waals surface area contributed by atoms with E-state index in [1.807, 2.05) is 32.0 Å². The van der Waals surface area contributed by atoms with Gasteiger partial charge in [0, 0.05) is 36.8 Å². The van der Waals surface area contributed by atoms with Crippen LogP contribution in [-0.4, -0.2) is 45.2 Å². The van der Waals surface area contributed by atoms with E-state index in [-0.39, 0.29) is 29.9 Å². The molecule has 0 radical (unpaired) electrons. The molecule has 0 aliphatic rings. The van der Waals surface area contributed by atoms with Gasteiger partial charge in [0.1, 0.15) is 0 Å². The lowest BCUT2D eigenvalue weighted by Gasteiger charge is -2.12. The molecule has 0 aromatic heterocycles. The molecule has 0 saturated carbocycles. The number of nitrogens with one attached hydrogen (secondary N) is 3. The highest BCUT2D eigenvalue weighted by Crippen LogP contribution is 2.20. The van der Waals surface area contributed by atoms with Gasteiger partial charge < -0.3 is 20.7 Å². The van der Waals surface area contributed by atoms with Crippen molar-refractivity contribution in [1.29, 1.82) is 0 Å². The number of benzene rings is 1. The summed E-state index contributed by atoms with van der Waals surface area (Å²) in [5.41, 5.74) is 1.86. The zero-order chi connectivity index (χ0) is 17.1. The second kappa shape index (κ2) is 13.4. The molecule has 1 amide bonds. The van der Waals surface area contributed by atoms with Crippen molar-refractivity contribution in [3.05, 3.63) is 28.2 Å². The first-order valence-electron chi connectivity index (χ1n) is 7.64. The number of amides is 1. The molecule has 0 bridgehead atoms. The number of carbonyl (C=O) groups excluding carboxylic acids is 1. The Bertz CT molecular complexity index is 541. The van der Waals surface area contributed by atoms with E-state index in [9.17, 15) is 4.79 Å². The van der Waals surface area contributed by atoms with Crippen LogP contribution in [0.2, 0.25) is 0 Å². The van der Waals surface area contributed by atoms with Gasteiger partial charge in [-0.25, -0.2) is 0 Å². The lowest BCUT2D eigenvalue weighted by Crippen LogP contribution is -2.39. The summed E-state index contributed by atoms with van der Waals surface area (Å²) in [6.07, 6.45) is 0.362. The Labute approximate surface area is 169 Å². The van der Waals surface area contributed by atoms with Gasteiger partial charge in [-0.3, -0.25) is 9.79 Å². The quantitative estimate of drug-likeness (QED) is 0.217. The molecule has 1 rings (SSSR count). The van der Waals surface area contributed by atoms with E-state index in [1.54, 1.807) is 7.11 Å². The van der Waals surface area contributed by atoms with Crippen LogP contribution >= 0.6 is 39.9 Å².